The Morgan fingerprint density at radius 1 is 1.38 bits per heavy atom. The molecule has 8 heteroatoms. The number of carboxylic acids is 1. The predicted octanol–water partition coefficient (Wildman–Crippen LogP) is 2.72. The molecule has 0 atom stereocenters. The highest BCUT2D eigenvalue weighted by atomic mass is 32.2. The third-order valence-corrected chi connectivity index (χ3v) is 4.62. The van der Waals surface area contributed by atoms with E-state index in [-0.39, 0.29) is 17.3 Å². The van der Waals surface area contributed by atoms with Crippen molar-refractivity contribution >= 4 is 29.5 Å². The molecule has 2 rings (SSSR count). The normalized spacial score (nSPS) is 11.0. The minimum atomic E-state index is -0.989. The minimum absolute atomic E-state index is 0.0595. The largest absolute Gasteiger partial charge is 0.478 e. The Bertz CT molecular complexity index is 722. The predicted molar refractivity (Wildman–Crippen MR) is 82.5 cm³/mol. The highest BCUT2D eigenvalue weighted by molar-refractivity contribution is 7.99. The second kappa shape index (κ2) is 6.40. The molecule has 1 aromatic carbocycles. The molecule has 2 aromatic rings. The van der Waals surface area contributed by atoms with Crippen molar-refractivity contribution in [2.24, 2.45) is 0 Å². The fourth-order valence-electron chi connectivity index (χ4n) is 1.89. The van der Waals surface area contributed by atoms with Gasteiger partial charge in [0.15, 0.2) is 5.16 Å². The van der Waals surface area contributed by atoms with Gasteiger partial charge in [-0.3, -0.25) is 4.57 Å². The van der Waals surface area contributed by atoms with E-state index in [4.69, 9.17) is 0 Å². The maximum absolute atomic E-state index is 11.7. The first-order chi connectivity index (χ1) is 9.95. The van der Waals surface area contributed by atoms with E-state index in [1.807, 2.05) is 20.1 Å². The Morgan fingerprint density at radius 2 is 2.05 bits per heavy atom. The lowest BCUT2D eigenvalue weighted by molar-refractivity contribution is 0.0689. The fraction of sp³-hybridized carbons (Fsp3) is 0.308. The lowest BCUT2D eigenvalue weighted by Gasteiger charge is -2.11. The van der Waals surface area contributed by atoms with E-state index in [2.05, 4.69) is 10.2 Å². The van der Waals surface area contributed by atoms with Gasteiger partial charge in [0, 0.05) is 15.8 Å². The summed E-state index contributed by atoms with van der Waals surface area (Å²) in [5.74, 6) is -0.989. The molecule has 0 amide bonds. The molecule has 0 bridgehead atoms. The highest BCUT2D eigenvalue weighted by Crippen LogP contribution is 2.34. The van der Waals surface area contributed by atoms with Crippen molar-refractivity contribution < 1.29 is 9.90 Å². The van der Waals surface area contributed by atoms with Crippen LogP contribution in [0.5, 0.6) is 0 Å². The van der Waals surface area contributed by atoms with Gasteiger partial charge in [0.2, 0.25) is 0 Å². The van der Waals surface area contributed by atoms with Crippen molar-refractivity contribution in [3.8, 4) is 0 Å². The quantitative estimate of drug-likeness (QED) is 0.822. The monoisotopic (exact) mass is 325 g/mol. The van der Waals surface area contributed by atoms with Gasteiger partial charge in [0.1, 0.15) is 0 Å². The van der Waals surface area contributed by atoms with Gasteiger partial charge in [-0.2, -0.15) is 0 Å². The summed E-state index contributed by atoms with van der Waals surface area (Å²) in [5.41, 5.74) is -0.0637. The number of rotatable bonds is 5. The molecular formula is C13H15N3O3S2. The van der Waals surface area contributed by atoms with Gasteiger partial charge >= 0.3 is 11.7 Å². The molecule has 0 saturated heterocycles. The van der Waals surface area contributed by atoms with E-state index < -0.39 is 5.97 Å². The van der Waals surface area contributed by atoms with Crippen LogP contribution in [0.25, 0.3) is 0 Å². The van der Waals surface area contributed by atoms with Crippen LogP contribution in [0.2, 0.25) is 0 Å². The van der Waals surface area contributed by atoms with Gasteiger partial charge in [0.25, 0.3) is 0 Å². The lowest BCUT2D eigenvalue weighted by Crippen LogP contribution is -2.19. The Kier molecular flexibility index (Phi) is 4.79. The second-order valence-electron chi connectivity index (χ2n) is 4.52. The molecule has 0 aliphatic carbocycles. The molecular weight excluding hydrogens is 310 g/mol. The summed E-state index contributed by atoms with van der Waals surface area (Å²) in [5, 5.41) is 16.2. The highest BCUT2D eigenvalue weighted by Gasteiger charge is 2.19. The van der Waals surface area contributed by atoms with Gasteiger partial charge < -0.3 is 5.11 Å². The maximum Gasteiger partial charge on any atom is 0.344 e. The van der Waals surface area contributed by atoms with Gasteiger partial charge in [-0.05, 0) is 44.0 Å². The van der Waals surface area contributed by atoms with Crippen molar-refractivity contribution in [2.75, 3.05) is 6.26 Å². The van der Waals surface area contributed by atoms with E-state index in [1.54, 1.807) is 18.2 Å². The summed E-state index contributed by atoms with van der Waals surface area (Å²) in [6, 6.07) is 5.22. The Morgan fingerprint density at radius 3 is 2.62 bits per heavy atom. The molecule has 112 valence electrons. The molecule has 0 aliphatic heterocycles. The van der Waals surface area contributed by atoms with E-state index in [0.29, 0.717) is 14.9 Å². The van der Waals surface area contributed by atoms with Crippen LogP contribution in [-0.2, 0) is 0 Å². The smallest absolute Gasteiger partial charge is 0.344 e. The summed E-state index contributed by atoms with van der Waals surface area (Å²) in [4.78, 5) is 24.5. The van der Waals surface area contributed by atoms with Crippen LogP contribution in [-0.4, -0.2) is 32.1 Å². The van der Waals surface area contributed by atoms with Crippen LogP contribution >= 0.6 is 23.5 Å². The zero-order valence-electron chi connectivity index (χ0n) is 11.8. The van der Waals surface area contributed by atoms with Gasteiger partial charge in [-0.1, -0.05) is 6.07 Å². The topological polar surface area (TPSA) is 88.0 Å². The number of carbonyl (C=O) groups is 1. The second-order valence-corrected chi connectivity index (χ2v) is 6.37. The van der Waals surface area contributed by atoms with Crippen LogP contribution < -0.4 is 5.69 Å². The number of hydrogen-bond donors (Lipinski definition) is 2. The van der Waals surface area contributed by atoms with Crippen LogP contribution in [0, 0.1) is 0 Å². The van der Waals surface area contributed by atoms with Crippen molar-refractivity contribution in [2.45, 2.75) is 34.8 Å². The number of H-pyrrole nitrogens is 1. The first-order valence-corrected chi connectivity index (χ1v) is 8.25. The molecule has 2 N–H and O–H groups in total. The first-order valence-electron chi connectivity index (χ1n) is 6.20. The summed E-state index contributed by atoms with van der Waals surface area (Å²) in [6.07, 6.45) is 1.83. The molecule has 0 spiro atoms. The summed E-state index contributed by atoms with van der Waals surface area (Å²) in [7, 11) is 0. The molecule has 0 aliphatic rings. The zero-order valence-corrected chi connectivity index (χ0v) is 13.4. The number of benzene rings is 1. The SMILES string of the molecule is CSc1cccc(Sc2n[nH]c(=O)n2C(C)C)c1C(=O)O. The Labute approximate surface area is 130 Å². The molecule has 0 radical (unpaired) electrons. The molecule has 1 aromatic heterocycles. The van der Waals surface area contributed by atoms with E-state index >= 15 is 0 Å². The molecule has 0 saturated carbocycles. The van der Waals surface area contributed by atoms with E-state index in [1.165, 1.54) is 28.1 Å². The van der Waals surface area contributed by atoms with Gasteiger partial charge in [0.05, 0.1) is 5.56 Å². The molecule has 21 heavy (non-hydrogen) atoms. The van der Waals surface area contributed by atoms with Crippen LogP contribution in [0.4, 0.5) is 0 Å². The molecule has 0 unspecified atom stereocenters. The summed E-state index contributed by atoms with van der Waals surface area (Å²) in [6.45, 7) is 3.74. The lowest BCUT2D eigenvalue weighted by atomic mass is 10.2. The van der Waals surface area contributed by atoms with Gasteiger partial charge in [-0.25, -0.2) is 14.7 Å². The molecule has 6 nitrogen and oxygen atoms in total. The van der Waals surface area contributed by atoms with Gasteiger partial charge in [-0.15, -0.1) is 16.9 Å². The number of nitrogens with one attached hydrogen (secondary N) is 1. The van der Waals surface area contributed by atoms with Crippen LogP contribution in [0.15, 0.2) is 37.9 Å². The molecule has 0 fully saturated rings. The summed E-state index contributed by atoms with van der Waals surface area (Å²) >= 11 is 2.55. The standard InChI is InChI=1S/C13H15N3O3S2/c1-7(2)16-12(19)14-15-13(16)21-9-6-4-5-8(20-3)10(9)11(17)18/h4-7H,1-3H3,(H,14,19)(H,17,18). The summed E-state index contributed by atoms with van der Waals surface area (Å²) < 4.78 is 1.50. The number of thioether (sulfide) groups is 1. The van der Waals surface area contributed by atoms with Crippen molar-refractivity contribution in [3.05, 3.63) is 34.2 Å². The zero-order chi connectivity index (χ0) is 15.6. The average molecular weight is 325 g/mol. The Hall–Kier alpha value is -1.67. The van der Waals surface area contributed by atoms with E-state index in [0.717, 1.165) is 0 Å². The number of nitrogens with zero attached hydrogens (tertiary/aromatic N) is 2. The number of aromatic nitrogens is 3. The first kappa shape index (κ1) is 15.7. The molecule has 1 heterocycles. The third kappa shape index (κ3) is 3.16. The number of aromatic carboxylic acids is 1. The minimum Gasteiger partial charge on any atom is -0.478 e. The van der Waals surface area contributed by atoms with Crippen LogP contribution in [0.3, 0.4) is 0 Å². The van der Waals surface area contributed by atoms with E-state index in [9.17, 15) is 14.7 Å². The van der Waals surface area contributed by atoms with Crippen molar-refractivity contribution in [1.82, 2.24) is 14.8 Å². The number of hydrogen-bond acceptors (Lipinski definition) is 5. The number of carboxylic acid groups (broad SMARTS) is 1. The average Bonchev–Trinajstić information content (AvgIpc) is 2.79. The maximum atomic E-state index is 11.7. The fourth-order valence-corrected chi connectivity index (χ4v) is 3.70. The van der Waals surface area contributed by atoms with Crippen molar-refractivity contribution in [1.29, 1.82) is 0 Å². The van der Waals surface area contributed by atoms with Crippen LogP contribution in [0.1, 0.15) is 30.2 Å². The van der Waals surface area contributed by atoms with Crippen molar-refractivity contribution in [3.63, 3.8) is 0 Å². The number of aromatic amines is 1. The third-order valence-electron chi connectivity index (χ3n) is 2.81. The Balaban J connectivity index is 2.50.